The number of carbonyl (C=O) groups is 1. The van der Waals surface area contributed by atoms with E-state index in [9.17, 15) is 13.6 Å². The molecule has 20 heavy (non-hydrogen) atoms. The Morgan fingerprint density at radius 3 is 2.50 bits per heavy atom. The number of anilines is 1. The lowest BCUT2D eigenvalue weighted by molar-refractivity contribution is 0.0942. The van der Waals surface area contributed by atoms with Crippen molar-refractivity contribution < 1.29 is 13.6 Å². The SMILES string of the molecule is O=C1NC(c2ccccc2)CNc2cc(F)c(F)cc21. The molecular formula is C15H12F2N2O. The molecule has 0 bridgehead atoms. The Hall–Kier alpha value is -2.43. The molecule has 2 aromatic carbocycles. The quantitative estimate of drug-likeness (QED) is 0.839. The lowest BCUT2D eigenvalue weighted by Gasteiger charge is -2.16. The molecule has 3 rings (SSSR count). The number of carbonyl (C=O) groups excluding carboxylic acids is 1. The van der Waals surface area contributed by atoms with Gasteiger partial charge in [0.25, 0.3) is 5.91 Å². The van der Waals surface area contributed by atoms with Crippen LogP contribution in [0.4, 0.5) is 14.5 Å². The Morgan fingerprint density at radius 1 is 1.05 bits per heavy atom. The molecule has 0 spiro atoms. The van der Waals surface area contributed by atoms with Gasteiger partial charge >= 0.3 is 0 Å². The predicted molar refractivity (Wildman–Crippen MR) is 71.5 cm³/mol. The molecule has 2 N–H and O–H groups in total. The predicted octanol–water partition coefficient (Wildman–Crippen LogP) is 2.86. The van der Waals surface area contributed by atoms with Crippen molar-refractivity contribution in [1.82, 2.24) is 5.32 Å². The van der Waals surface area contributed by atoms with E-state index < -0.39 is 17.5 Å². The zero-order valence-electron chi connectivity index (χ0n) is 10.5. The van der Waals surface area contributed by atoms with E-state index in [4.69, 9.17) is 0 Å². The van der Waals surface area contributed by atoms with E-state index >= 15 is 0 Å². The minimum atomic E-state index is -1.03. The molecule has 1 aliphatic heterocycles. The van der Waals surface area contributed by atoms with Crippen molar-refractivity contribution in [3.63, 3.8) is 0 Å². The van der Waals surface area contributed by atoms with E-state index in [0.717, 1.165) is 17.7 Å². The van der Waals surface area contributed by atoms with Gasteiger partial charge in [-0.1, -0.05) is 30.3 Å². The van der Waals surface area contributed by atoms with Gasteiger partial charge < -0.3 is 10.6 Å². The van der Waals surface area contributed by atoms with Gasteiger partial charge in [0.2, 0.25) is 0 Å². The largest absolute Gasteiger partial charge is 0.382 e. The van der Waals surface area contributed by atoms with Crippen LogP contribution >= 0.6 is 0 Å². The van der Waals surface area contributed by atoms with Crippen molar-refractivity contribution in [2.24, 2.45) is 0 Å². The van der Waals surface area contributed by atoms with Crippen molar-refractivity contribution in [2.75, 3.05) is 11.9 Å². The molecular weight excluding hydrogens is 262 g/mol. The second-order valence-corrected chi connectivity index (χ2v) is 4.63. The van der Waals surface area contributed by atoms with Gasteiger partial charge in [0.05, 0.1) is 17.3 Å². The summed E-state index contributed by atoms with van der Waals surface area (Å²) in [7, 11) is 0. The van der Waals surface area contributed by atoms with Crippen LogP contribution in [-0.4, -0.2) is 12.5 Å². The fraction of sp³-hybridized carbons (Fsp3) is 0.133. The highest BCUT2D eigenvalue weighted by Crippen LogP contribution is 2.25. The zero-order valence-corrected chi connectivity index (χ0v) is 10.5. The number of amides is 1. The Kier molecular flexibility index (Phi) is 3.10. The second kappa shape index (κ2) is 4.92. The van der Waals surface area contributed by atoms with Gasteiger partial charge in [-0.15, -0.1) is 0 Å². The van der Waals surface area contributed by atoms with Crippen LogP contribution in [0.3, 0.4) is 0 Å². The zero-order chi connectivity index (χ0) is 14.1. The van der Waals surface area contributed by atoms with Crippen molar-refractivity contribution in [3.05, 3.63) is 65.2 Å². The summed E-state index contributed by atoms with van der Waals surface area (Å²) in [5, 5.41) is 5.79. The van der Waals surface area contributed by atoms with Crippen LogP contribution in [0.1, 0.15) is 22.0 Å². The molecule has 3 nitrogen and oxygen atoms in total. The van der Waals surface area contributed by atoms with Crippen LogP contribution in [0.5, 0.6) is 0 Å². The number of benzene rings is 2. The van der Waals surface area contributed by atoms with Crippen LogP contribution < -0.4 is 10.6 Å². The summed E-state index contributed by atoms with van der Waals surface area (Å²) in [6.07, 6.45) is 0. The summed E-state index contributed by atoms with van der Waals surface area (Å²) in [5.41, 5.74) is 1.35. The standard InChI is InChI=1S/C15H12F2N2O/c16-11-6-10-13(7-12(11)17)18-8-14(19-15(10)20)9-4-2-1-3-5-9/h1-7,14,18H,8H2,(H,19,20). The molecule has 0 saturated carbocycles. The summed E-state index contributed by atoms with van der Waals surface area (Å²) < 4.78 is 26.5. The van der Waals surface area contributed by atoms with E-state index in [-0.39, 0.29) is 11.6 Å². The first-order valence-corrected chi connectivity index (χ1v) is 6.24. The van der Waals surface area contributed by atoms with Crippen LogP contribution in [0.2, 0.25) is 0 Å². The number of hydrogen-bond acceptors (Lipinski definition) is 2. The molecule has 0 fully saturated rings. The number of halogens is 2. The molecule has 1 heterocycles. The minimum absolute atomic E-state index is 0.113. The fourth-order valence-electron chi connectivity index (χ4n) is 2.27. The van der Waals surface area contributed by atoms with E-state index in [1.807, 2.05) is 30.3 Å². The van der Waals surface area contributed by atoms with Crippen LogP contribution in [-0.2, 0) is 0 Å². The maximum absolute atomic E-state index is 13.2. The second-order valence-electron chi connectivity index (χ2n) is 4.63. The van der Waals surface area contributed by atoms with Crippen molar-refractivity contribution in [3.8, 4) is 0 Å². The fourth-order valence-corrected chi connectivity index (χ4v) is 2.27. The lowest BCUT2D eigenvalue weighted by atomic mass is 10.1. The van der Waals surface area contributed by atoms with Crippen LogP contribution in [0, 0.1) is 11.6 Å². The third-order valence-electron chi connectivity index (χ3n) is 3.31. The first kappa shape index (κ1) is 12.6. The number of rotatable bonds is 1. The van der Waals surface area contributed by atoms with Gasteiger partial charge in [-0.2, -0.15) is 0 Å². The first-order chi connectivity index (χ1) is 9.65. The summed E-state index contributed by atoms with van der Waals surface area (Å²) in [5.74, 6) is -2.42. The molecule has 5 heteroatoms. The average molecular weight is 274 g/mol. The van der Waals surface area contributed by atoms with Crippen molar-refractivity contribution in [2.45, 2.75) is 6.04 Å². The Labute approximate surface area is 114 Å². The number of fused-ring (bicyclic) bond motifs is 1. The maximum atomic E-state index is 13.2. The molecule has 0 saturated heterocycles. The molecule has 1 unspecified atom stereocenters. The molecule has 1 atom stereocenters. The van der Waals surface area contributed by atoms with E-state index in [1.54, 1.807) is 0 Å². The Balaban J connectivity index is 1.95. The summed E-state index contributed by atoms with van der Waals surface area (Å²) in [4.78, 5) is 12.1. The summed E-state index contributed by atoms with van der Waals surface area (Å²) in [6.45, 7) is 0.411. The maximum Gasteiger partial charge on any atom is 0.254 e. The monoisotopic (exact) mass is 274 g/mol. The number of nitrogens with one attached hydrogen (secondary N) is 2. The van der Waals surface area contributed by atoms with E-state index in [2.05, 4.69) is 10.6 Å². The Bertz CT molecular complexity index is 658. The summed E-state index contributed by atoms with van der Waals surface area (Å²) >= 11 is 0. The molecule has 1 aliphatic rings. The lowest BCUT2D eigenvalue weighted by Crippen LogP contribution is -2.29. The highest BCUT2D eigenvalue weighted by Gasteiger charge is 2.24. The van der Waals surface area contributed by atoms with Crippen LogP contribution in [0.25, 0.3) is 0 Å². The van der Waals surface area contributed by atoms with Crippen molar-refractivity contribution >= 4 is 11.6 Å². The van der Waals surface area contributed by atoms with Gasteiger partial charge in [0.15, 0.2) is 11.6 Å². The molecule has 0 radical (unpaired) electrons. The number of hydrogen-bond donors (Lipinski definition) is 2. The highest BCUT2D eigenvalue weighted by atomic mass is 19.2. The van der Waals surface area contributed by atoms with Gasteiger partial charge in [-0.05, 0) is 11.6 Å². The Morgan fingerprint density at radius 2 is 1.75 bits per heavy atom. The third-order valence-corrected chi connectivity index (χ3v) is 3.31. The minimum Gasteiger partial charge on any atom is -0.382 e. The summed E-state index contributed by atoms with van der Waals surface area (Å²) in [6, 6.07) is 11.1. The van der Waals surface area contributed by atoms with Crippen LogP contribution in [0.15, 0.2) is 42.5 Å². The average Bonchev–Trinajstić information content (AvgIpc) is 2.61. The van der Waals surface area contributed by atoms with E-state index in [0.29, 0.717) is 12.2 Å². The highest BCUT2D eigenvalue weighted by molar-refractivity contribution is 6.00. The van der Waals surface area contributed by atoms with Gasteiger partial charge in [0, 0.05) is 12.6 Å². The third kappa shape index (κ3) is 2.22. The normalized spacial score (nSPS) is 17.7. The molecule has 0 aliphatic carbocycles. The van der Waals surface area contributed by atoms with Gasteiger partial charge in [-0.3, -0.25) is 4.79 Å². The smallest absolute Gasteiger partial charge is 0.254 e. The molecule has 2 aromatic rings. The van der Waals surface area contributed by atoms with E-state index in [1.165, 1.54) is 0 Å². The molecule has 102 valence electrons. The van der Waals surface area contributed by atoms with Gasteiger partial charge in [0.1, 0.15) is 0 Å². The van der Waals surface area contributed by atoms with Gasteiger partial charge in [-0.25, -0.2) is 8.78 Å². The topological polar surface area (TPSA) is 41.1 Å². The molecule has 1 amide bonds. The van der Waals surface area contributed by atoms with Crippen molar-refractivity contribution in [1.29, 1.82) is 0 Å². The first-order valence-electron chi connectivity index (χ1n) is 6.24. The molecule has 0 aromatic heterocycles.